The van der Waals surface area contributed by atoms with Gasteiger partial charge in [-0.25, -0.2) is 10.1 Å². The first-order valence-electron chi connectivity index (χ1n) is 12.8. The third-order valence-electron chi connectivity index (χ3n) is 6.52. The quantitative estimate of drug-likeness (QED) is 0.305. The predicted octanol–water partition coefficient (Wildman–Crippen LogP) is 4.67. The van der Waals surface area contributed by atoms with E-state index in [1.807, 2.05) is 108 Å². The molecule has 40 heavy (non-hydrogen) atoms. The lowest BCUT2D eigenvalue weighted by Crippen LogP contribution is -2.33. The molecule has 1 amide bonds. The Labute approximate surface area is 229 Å². The first-order valence-corrected chi connectivity index (χ1v) is 12.8. The van der Waals surface area contributed by atoms with Crippen molar-refractivity contribution >= 4 is 16.7 Å². The van der Waals surface area contributed by atoms with Gasteiger partial charge in [-0.05, 0) is 23.8 Å². The Morgan fingerprint density at radius 3 is 2.15 bits per heavy atom. The molecular weight excluding hydrogens is 502 g/mol. The standard InChI is InChI=1S/C32H25N5O3/c38-30(21-36-31(39)27-19-11-10-18-26(27)28(35-36)20-23-12-4-1-5-13-23)33-34-32-37(25-16-8-3-9-17-25)29(22-40-32)24-14-6-2-7-15-24/h1-19,22H,20-21H2,(H,33,38)/b34-32+. The summed E-state index contributed by atoms with van der Waals surface area (Å²) in [6, 6.07) is 36.6. The fourth-order valence-corrected chi connectivity index (χ4v) is 4.64. The van der Waals surface area contributed by atoms with Crippen LogP contribution in [0.5, 0.6) is 0 Å². The number of aromatic nitrogens is 3. The highest BCUT2D eigenvalue weighted by Gasteiger charge is 2.15. The lowest BCUT2D eigenvalue weighted by molar-refractivity contribution is -0.122. The van der Waals surface area contributed by atoms with Crippen LogP contribution in [-0.2, 0) is 17.8 Å². The molecule has 2 heterocycles. The van der Waals surface area contributed by atoms with Gasteiger partial charge in [0.2, 0.25) is 0 Å². The minimum absolute atomic E-state index is 0.182. The smallest absolute Gasteiger partial charge is 0.324 e. The Kier molecular flexibility index (Phi) is 6.88. The molecule has 6 aromatic rings. The van der Waals surface area contributed by atoms with Gasteiger partial charge in [-0.15, -0.1) is 5.10 Å². The molecule has 0 saturated heterocycles. The zero-order chi connectivity index (χ0) is 27.3. The van der Waals surface area contributed by atoms with Crippen LogP contribution in [0, 0.1) is 0 Å². The highest BCUT2D eigenvalue weighted by Crippen LogP contribution is 2.21. The summed E-state index contributed by atoms with van der Waals surface area (Å²) in [4.78, 5) is 26.2. The molecule has 196 valence electrons. The van der Waals surface area contributed by atoms with Crippen LogP contribution in [0.3, 0.4) is 0 Å². The van der Waals surface area contributed by atoms with Crippen LogP contribution >= 0.6 is 0 Å². The number of fused-ring (bicyclic) bond motifs is 1. The molecule has 0 saturated carbocycles. The number of carbonyl (C=O) groups excluding carboxylic acids is 1. The summed E-state index contributed by atoms with van der Waals surface area (Å²) in [6.07, 6.45) is 2.12. The molecular formula is C32H25N5O3. The van der Waals surface area contributed by atoms with Crippen molar-refractivity contribution in [3.63, 3.8) is 0 Å². The van der Waals surface area contributed by atoms with E-state index >= 15 is 0 Å². The lowest BCUT2D eigenvalue weighted by Gasteiger charge is -2.11. The summed E-state index contributed by atoms with van der Waals surface area (Å²) >= 11 is 0. The summed E-state index contributed by atoms with van der Waals surface area (Å²) in [7, 11) is 0. The van der Waals surface area contributed by atoms with Crippen molar-refractivity contribution in [2.75, 3.05) is 0 Å². The molecule has 0 bridgehead atoms. The van der Waals surface area contributed by atoms with E-state index in [0.717, 1.165) is 27.9 Å². The van der Waals surface area contributed by atoms with Crippen LogP contribution < -0.4 is 16.7 Å². The van der Waals surface area contributed by atoms with Crippen molar-refractivity contribution in [3.05, 3.63) is 149 Å². The van der Waals surface area contributed by atoms with E-state index in [9.17, 15) is 9.59 Å². The number of oxazole rings is 1. The largest absolute Gasteiger partial charge is 0.430 e. The first-order chi connectivity index (χ1) is 19.7. The monoisotopic (exact) mass is 527 g/mol. The number of nitrogens with zero attached hydrogens (tertiary/aromatic N) is 4. The summed E-state index contributed by atoms with van der Waals surface area (Å²) in [6.45, 7) is -0.299. The Balaban J connectivity index is 1.32. The number of benzene rings is 4. The fraction of sp³-hybridized carbons (Fsp3) is 0.0625. The maximum absolute atomic E-state index is 13.2. The summed E-state index contributed by atoms with van der Waals surface area (Å²) in [5.74, 6) is -0.507. The number of nitrogens with one attached hydrogen (secondary N) is 1. The molecule has 0 aliphatic heterocycles. The summed E-state index contributed by atoms with van der Waals surface area (Å²) < 4.78 is 8.77. The van der Waals surface area contributed by atoms with Crippen LogP contribution in [-0.4, -0.2) is 20.3 Å². The van der Waals surface area contributed by atoms with Crippen molar-refractivity contribution < 1.29 is 9.21 Å². The average molecular weight is 528 g/mol. The second kappa shape index (κ2) is 11.1. The van der Waals surface area contributed by atoms with Crippen molar-refractivity contribution in [1.82, 2.24) is 19.8 Å². The number of hydrogen-bond acceptors (Lipinski definition) is 5. The molecule has 8 nitrogen and oxygen atoms in total. The van der Waals surface area contributed by atoms with Gasteiger partial charge in [-0.1, -0.05) is 97.1 Å². The van der Waals surface area contributed by atoms with Crippen LogP contribution in [0.2, 0.25) is 0 Å². The molecule has 1 N–H and O–H groups in total. The van der Waals surface area contributed by atoms with E-state index < -0.39 is 5.91 Å². The second-order valence-corrected chi connectivity index (χ2v) is 9.20. The highest BCUT2D eigenvalue weighted by atomic mass is 16.3. The van der Waals surface area contributed by atoms with Crippen molar-refractivity contribution in [2.24, 2.45) is 5.10 Å². The van der Waals surface area contributed by atoms with Gasteiger partial charge in [-0.3, -0.25) is 14.2 Å². The lowest BCUT2D eigenvalue weighted by atomic mass is 10.0. The Morgan fingerprint density at radius 1 is 0.800 bits per heavy atom. The van der Waals surface area contributed by atoms with Gasteiger partial charge in [0, 0.05) is 17.4 Å². The van der Waals surface area contributed by atoms with Crippen molar-refractivity contribution in [2.45, 2.75) is 13.0 Å². The molecule has 0 radical (unpaired) electrons. The van der Waals surface area contributed by atoms with Gasteiger partial charge in [-0.2, -0.15) is 5.10 Å². The number of carbonyl (C=O) groups is 1. The van der Waals surface area contributed by atoms with E-state index in [2.05, 4.69) is 15.6 Å². The van der Waals surface area contributed by atoms with E-state index in [4.69, 9.17) is 4.42 Å². The minimum Gasteiger partial charge on any atom is -0.430 e. The number of hydrogen-bond donors (Lipinski definition) is 1. The number of rotatable bonds is 7. The molecule has 2 aromatic heterocycles. The molecule has 0 unspecified atom stereocenters. The molecule has 8 heteroatoms. The molecule has 0 atom stereocenters. The van der Waals surface area contributed by atoms with Crippen molar-refractivity contribution in [1.29, 1.82) is 0 Å². The Hall–Kier alpha value is -5.50. The van der Waals surface area contributed by atoms with Gasteiger partial charge >= 0.3 is 5.68 Å². The normalized spacial score (nSPS) is 11.6. The van der Waals surface area contributed by atoms with Gasteiger partial charge in [0.15, 0.2) is 0 Å². The zero-order valence-electron chi connectivity index (χ0n) is 21.5. The number of para-hydroxylation sites is 1. The SMILES string of the molecule is O=C(Cn1nc(Cc2ccccc2)c2ccccc2c1=O)N/N=c1/occ(-c2ccccc2)n1-c1ccccc1. The van der Waals surface area contributed by atoms with Crippen LogP contribution in [0.25, 0.3) is 27.7 Å². The van der Waals surface area contributed by atoms with Crippen molar-refractivity contribution in [3.8, 4) is 16.9 Å². The second-order valence-electron chi connectivity index (χ2n) is 9.20. The maximum atomic E-state index is 13.2. The zero-order valence-corrected chi connectivity index (χ0v) is 21.5. The molecule has 4 aromatic carbocycles. The number of amides is 1. The van der Waals surface area contributed by atoms with E-state index in [-0.39, 0.29) is 17.8 Å². The van der Waals surface area contributed by atoms with Gasteiger partial charge in [0.05, 0.1) is 22.5 Å². The van der Waals surface area contributed by atoms with Gasteiger partial charge in [0.25, 0.3) is 11.5 Å². The highest BCUT2D eigenvalue weighted by molar-refractivity contribution is 5.84. The average Bonchev–Trinajstić information content (AvgIpc) is 3.44. The fourth-order valence-electron chi connectivity index (χ4n) is 4.64. The topological polar surface area (TPSA) is 94.4 Å². The molecule has 0 aliphatic carbocycles. The summed E-state index contributed by atoms with van der Waals surface area (Å²) in [5.41, 5.74) is 6.68. The van der Waals surface area contributed by atoms with E-state index in [0.29, 0.717) is 17.5 Å². The predicted molar refractivity (Wildman–Crippen MR) is 152 cm³/mol. The molecule has 0 spiro atoms. The first kappa shape index (κ1) is 24.8. The minimum atomic E-state index is -0.507. The maximum Gasteiger partial charge on any atom is 0.324 e. The Morgan fingerprint density at radius 2 is 1.43 bits per heavy atom. The van der Waals surface area contributed by atoms with E-state index in [1.165, 1.54) is 4.68 Å². The van der Waals surface area contributed by atoms with Gasteiger partial charge in [0.1, 0.15) is 12.8 Å². The third kappa shape index (κ3) is 5.10. The third-order valence-corrected chi connectivity index (χ3v) is 6.52. The van der Waals surface area contributed by atoms with E-state index in [1.54, 1.807) is 18.4 Å². The van der Waals surface area contributed by atoms with Crippen LogP contribution in [0.4, 0.5) is 0 Å². The van der Waals surface area contributed by atoms with Gasteiger partial charge < -0.3 is 4.42 Å². The van der Waals surface area contributed by atoms with Crippen LogP contribution in [0.1, 0.15) is 11.3 Å². The summed E-state index contributed by atoms with van der Waals surface area (Å²) in [5, 5.41) is 10.1. The molecule has 6 rings (SSSR count). The Bertz CT molecular complexity index is 1910. The molecule has 0 fully saturated rings. The van der Waals surface area contributed by atoms with Crippen LogP contribution in [0.15, 0.2) is 136 Å². The molecule has 0 aliphatic rings.